The maximum Gasteiger partial charge on any atom is 0.266 e. The highest BCUT2D eigenvalue weighted by molar-refractivity contribution is 8.26. The van der Waals surface area contributed by atoms with Crippen molar-refractivity contribution in [2.45, 2.75) is 52.0 Å². The monoisotopic (exact) mass is 391 g/mol. The van der Waals surface area contributed by atoms with Crippen LogP contribution in [-0.2, 0) is 4.79 Å². The minimum Gasteiger partial charge on any atom is -0.490 e. The Morgan fingerprint density at radius 2 is 1.85 bits per heavy atom. The topological polar surface area (TPSA) is 38.8 Å². The van der Waals surface area contributed by atoms with Gasteiger partial charge in [0.25, 0.3) is 5.91 Å². The Balaban J connectivity index is 1.82. The molecule has 2 fully saturated rings. The normalized spacial score (nSPS) is 20.1. The Morgan fingerprint density at radius 1 is 1.15 bits per heavy atom. The van der Waals surface area contributed by atoms with E-state index in [0.717, 1.165) is 24.2 Å². The van der Waals surface area contributed by atoms with Crippen LogP contribution in [0, 0.1) is 0 Å². The molecule has 0 aromatic heterocycles. The number of thiocarbonyl (C=S) groups is 1. The quantitative estimate of drug-likeness (QED) is 0.503. The first-order chi connectivity index (χ1) is 12.6. The van der Waals surface area contributed by atoms with Crippen molar-refractivity contribution >= 4 is 40.3 Å². The van der Waals surface area contributed by atoms with Gasteiger partial charge in [0.1, 0.15) is 4.32 Å². The summed E-state index contributed by atoms with van der Waals surface area (Å²) in [6.07, 6.45) is 7.62. The Kier molecular flexibility index (Phi) is 6.59. The molecule has 0 atom stereocenters. The fourth-order valence-electron chi connectivity index (χ4n) is 3.44. The molecule has 2 aliphatic rings. The SMILES string of the molecule is CCOc1ccc(/C=C2\SC(=S)N(C3CCCCC3)C2=O)cc1OCC. The maximum absolute atomic E-state index is 12.9. The van der Waals surface area contributed by atoms with Crippen molar-refractivity contribution in [3.63, 3.8) is 0 Å². The minimum atomic E-state index is 0.0405. The van der Waals surface area contributed by atoms with E-state index in [1.807, 2.05) is 43.0 Å². The lowest BCUT2D eigenvalue weighted by molar-refractivity contribution is -0.124. The van der Waals surface area contributed by atoms with Crippen molar-refractivity contribution in [1.82, 2.24) is 4.90 Å². The molecular weight excluding hydrogens is 366 g/mol. The molecule has 0 spiro atoms. The fraction of sp³-hybridized carbons (Fsp3) is 0.500. The molecule has 0 bridgehead atoms. The van der Waals surface area contributed by atoms with Gasteiger partial charge in [-0.15, -0.1) is 0 Å². The number of benzene rings is 1. The molecule has 1 aromatic carbocycles. The molecule has 6 heteroatoms. The van der Waals surface area contributed by atoms with E-state index in [1.54, 1.807) is 0 Å². The average molecular weight is 392 g/mol. The van der Waals surface area contributed by atoms with Crippen molar-refractivity contribution < 1.29 is 14.3 Å². The third kappa shape index (κ3) is 4.23. The Hall–Kier alpha value is -1.53. The fourth-order valence-corrected chi connectivity index (χ4v) is 4.84. The van der Waals surface area contributed by atoms with E-state index in [2.05, 4.69) is 0 Å². The molecule has 1 aromatic rings. The molecule has 26 heavy (non-hydrogen) atoms. The summed E-state index contributed by atoms with van der Waals surface area (Å²) in [5.41, 5.74) is 0.918. The highest BCUT2D eigenvalue weighted by Crippen LogP contribution is 2.38. The Labute approximate surface area is 164 Å². The van der Waals surface area contributed by atoms with Gasteiger partial charge < -0.3 is 9.47 Å². The highest BCUT2D eigenvalue weighted by Gasteiger charge is 2.37. The van der Waals surface area contributed by atoms with Crippen LogP contribution >= 0.6 is 24.0 Å². The van der Waals surface area contributed by atoms with Crippen LogP contribution < -0.4 is 9.47 Å². The molecule has 4 nitrogen and oxygen atoms in total. The predicted octanol–water partition coefficient (Wildman–Crippen LogP) is 5.02. The Bertz CT molecular complexity index is 711. The minimum absolute atomic E-state index is 0.0405. The van der Waals surface area contributed by atoms with E-state index in [4.69, 9.17) is 21.7 Å². The van der Waals surface area contributed by atoms with E-state index >= 15 is 0 Å². The van der Waals surface area contributed by atoms with E-state index in [1.165, 1.54) is 31.0 Å². The van der Waals surface area contributed by atoms with Gasteiger partial charge in [-0.05, 0) is 50.5 Å². The predicted molar refractivity (Wildman–Crippen MR) is 111 cm³/mol. The second-order valence-corrected chi connectivity index (χ2v) is 8.09. The van der Waals surface area contributed by atoms with Crippen molar-refractivity contribution in [3.8, 4) is 11.5 Å². The van der Waals surface area contributed by atoms with Gasteiger partial charge in [-0.1, -0.05) is 49.3 Å². The zero-order valence-electron chi connectivity index (χ0n) is 15.3. The first-order valence-electron chi connectivity index (χ1n) is 9.30. The zero-order valence-corrected chi connectivity index (χ0v) is 17.0. The standard InChI is InChI=1S/C20H25NO3S2/c1-3-23-16-11-10-14(12-17(16)24-4-2)13-18-19(22)21(20(25)26-18)15-8-6-5-7-9-15/h10-13,15H,3-9H2,1-2H3/b18-13-. The average Bonchev–Trinajstić information content (AvgIpc) is 2.92. The summed E-state index contributed by atoms with van der Waals surface area (Å²) < 4.78 is 12.0. The zero-order chi connectivity index (χ0) is 18.5. The highest BCUT2D eigenvalue weighted by atomic mass is 32.2. The molecule has 0 N–H and O–H groups in total. The van der Waals surface area contributed by atoms with Crippen molar-refractivity contribution in [1.29, 1.82) is 0 Å². The van der Waals surface area contributed by atoms with E-state index < -0.39 is 0 Å². The second-order valence-electron chi connectivity index (χ2n) is 6.42. The van der Waals surface area contributed by atoms with Crippen molar-refractivity contribution in [3.05, 3.63) is 28.7 Å². The van der Waals surface area contributed by atoms with Crippen molar-refractivity contribution in [2.24, 2.45) is 0 Å². The first kappa shape index (κ1) is 19.2. The third-order valence-electron chi connectivity index (χ3n) is 4.63. The molecule has 3 rings (SSSR count). The van der Waals surface area contributed by atoms with Gasteiger partial charge in [0, 0.05) is 6.04 Å². The lowest BCUT2D eigenvalue weighted by Gasteiger charge is -2.29. The number of amides is 1. The molecule has 1 saturated heterocycles. The van der Waals surface area contributed by atoms with Crippen molar-refractivity contribution in [2.75, 3.05) is 13.2 Å². The Morgan fingerprint density at radius 3 is 2.54 bits per heavy atom. The van der Waals surface area contributed by atoms with Crippen LogP contribution in [0.5, 0.6) is 11.5 Å². The van der Waals surface area contributed by atoms with Gasteiger partial charge in [0.05, 0.1) is 18.1 Å². The van der Waals surface area contributed by atoms with Gasteiger partial charge in [0.2, 0.25) is 0 Å². The summed E-state index contributed by atoms with van der Waals surface area (Å²) in [6, 6.07) is 6.02. The largest absolute Gasteiger partial charge is 0.490 e. The summed E-state index contributed by atoms with van der Waals surface area (Å²) in [6.45, 7) is 5.03. The van der Waals surface area contributed by atoms with E-state index in [0.29, 0.717) is 28.2 Å². The molecule has 1 amide bonds. The van der Waals surface area contributed by atoms with Crippen LogP contribution in [0.25, 0.3) is 6.08 Å². The molecule has 0 radical (unpaired) electrons. The first-order valence-corrected chi connectivity index (χ1v) is 10.5. The van der Waals surface area contributed by atoms with E-state index in [9.17, 15) is 4.79 Å². The number of carbonyl (C=O) groups is 1. The number of ether oxygens (including phenoxy) is 2. The van der Waals surface area contributed by atoms with Crippen LogP contribution in [0.3, 0.4) is 0 Å². The number of thioether (sulfide) groups is 1. The maximum atomic E-state index is 12.9. The van der Waals surface area contributed by atoms with Gasteiger partial charge in [-0.3, -0.25) is 9.69 Å². The number of nitrogens with zero attached hydrogens (tertiary/aromatic N) is 1. The van der Waals surface area contributed by atoms with Crippen LogP contribution in [0.2, 0.25) is 0 Å². The van der Waals surface area contributed by atoms with Gasteiger partial charge in [-0.25, -0.2) is 0 Å². The molecule has 1 saturated carbocycles. The molecule has 1 heterocycles. The lowest BCUT2D eigenvalue weighted by atomic mass is 9.94. The summed E-state index contributed by atoms with van der Waals surface area (Å²) in [5.74, 6) is 1.46. The van der Waals surface area contributed by atoms with E-state index in [-0.39, 0.29) is 11.9 Å². The number of rotatable bonds is 6. The molecule has 1 aliphatic carbocycles. The molecule has 140 valence electrons. The summed E-state index contributed by atoms with van der Waals surface area (Å²) in [7, 11) is 0. The number of hydrogen-bond donors (Lipinski definition) is 0. The number of carbonyl (C=O) groups excluding carboxylic acids is 1. The molecular formula is C20H25NO3S2. The number of hydrogen-bond acceptors (Lipinski definition) is 5. The second kappa shape index (κ2) is 8.91. The molecule has 1 aliphatic heterocycles. The summed E-state index contributed by atoms with van der Waals surface area (Å²) in [4.78, 5) is 15.4. The van der Waals surface area contributed by atoms with Crippen LogP contribution in [-0.4, -0.2) is 34.4 Å². The van der Waals surface area contributed by atoms with Crippen LogP contribution in [0.15, 0.2) is 23.1 Å². The van der Waals surface area contributed by atoms with Crippen LogP contribution in [0.4, 0.5) is 0 Å². The smallest absolute Gasteiger partial charge is 0.266 e. The van der Waals surface area contributed by atoms with Gasteiger partial charge in [0.15, 0.2) is 11.5 Å². The lowest BCUT2D eigenvalue weighted by Crippen LogP contribution is -2.39. The van der Waals surface area contributed by atoms with Gasteiger partial charge >= 0.3 is 0 Å². The van der Waals surface area contributed by atoms with Crippen LogP contribution in [0.1, 0.15) is 51.5 Å². The van der Waals surface area contributed by atoms with Gasteiger partial charge in [-0.2, -0.15) is 0 Å². The summed E-state index contributed by atoms with van der Waals surface area (Å²) >= 11 is 6.90. The third-order valence-corrected chi connectivity index (χ3v) is 5.96. The summed E-state index contributed by atoms with van der Waals surface area (Å²) in [5, 5.41) is 0. The molecule has 0 unspecified atom stereocenters.